The molecule has 1 aliphatic carbocycles. The lowest BCUT2D eigenvalue weighted by Crippen LogP contribution is -2.39. The van der Waals surface area contributed by atoms with Crippen molar-refractivity contribution in [3.8, 4) is 0 Å². The molecule has 1 saturated carbocycles. The number of ketones is 1. The Morgan fingerprint density at radius 1 is 1.22 bits per heavy atom. The van der Waals surface area contributed by atoms with Crippen LogP contribution in [-0.4, -0.2) is 58.6 Å². The number of aryl methyl sites for hydroxylation is 1. The Morgan fingerprint density at radius 2 is 2.05 bits per heavy atom. The first-order chi connectivity index (χ1) is 17.7. The molecule has 3 heterocycles. The molecule has 37 heavy (non-hydrogen) atoms. The molecule has 1 aromatic carbocycles. The van der Waals surface area contributed by atoms with E-state index in [1.165, 1.54) is 29.4 Å². The fourth-order valence-corrected chi connectivity index (χ4v) is 6.68. The monoisotopic (exact) mass is 564 g/mol. The van der Waals surface area contributed by atoms with E-state index in [0.717, 1.165) is 23.3 Å². The van der Waals surface area contributed by atoms with Crippen LogP contribution in [0.3, 0.4) is 0 Å². The third-order valence-corrected chi connectivity index (χ3v) is 8.46. The van der Waals surface area contributed by atoms with Crippen LogP contribution in [0.15, 0.2) is 42.9 Å². The molecular weight excluding hydrogens is 540 g/mol. The summed E-state index contributed by atoms with van der Waals surface area (Å²) in [6.45, 7) is 0.597. The SMILES string of the molecule is O=C(c1ccc([C@H]2OCCCc3ccc(Cl)cc32)s1)c1cncnc1N[C@@H]1CC(NS(=O)(=O)O)[C@@H](O)C1. The van der Waals surface area contributed by atoms with Crippen LogP contribution < -0.4 is 10.0 Å². The zero-order chi connectivity index (χ0) is 26.2. The number of nitrogens with zero attached hydrogens (tertiary/aromatic N) is 2. The maximum absolute atomic E-state index is 13.5. The minimum Gasteiger partial charge on any atom is -0.391 e. The van der Waals surface area contributed by atoms with Gasteiger partial charge in [-0.2, -0.15) is 13.1 Å². The van der Waals surface area contributed by atoms with Crippen molar-refractivity contribution >= 4 is 44.8 Å². The van der Waals surface area contributed by atoms with Crippen molar-refractivity contribution in [3.05, 3.63) is 74.3 Å². The van der Waals surface area contributed by atoms with E-state index in [2.05, 4.69) is 15.3 Å². The first kappa shape index (κ1) is 26.2. The number of aliphatic hydroxyl groups excluding tert-OH is 1. The molecule has 4 atom stereocenters. The molecule has 3 aromatic rings. The summed E-state index contributed by atoms with van der Waals surface area (Å²) in [5.41, 5.74) is 2.43. The minimum atomic E-state index is -4.46. The van der Waals surface area contributed by atoms with Crippen molar-refractivity contribution in [1.82, 2.24) is 14.7 Å². The number of fused-ring (bicyclic) bond motifs is 1. The van der Waals surface area contributed by atoms with Crippen LogP contribution in [0.25, 0.3) is 0 Å². The largest absolute Gasteiger partial charge is 0.391 e. The summed E-state index contributed by atoms with van der Waals surface area (Å²) in [7, 11) is -4.46. The molecule has 196 valence electrons. The first-order valence-electron chi connectivity index (χ1n) is 11.7. The summed E-state index contributed by atoms with van der Waals surface area (Å²) in [5.74, 6) is 0.00736. The van der Waals surface area contributed by atoms with E-state index in [1.807, 2.05) is 29.0 Å². The Labute approximate surface area is 222 Å². The van der Waals surface area contributed by atoms with Crippen molar-refractivity contribution in [2.24, 2.45) is 0 Å². The topological polar surface area (TPSA) is 151 Å². The number of carbonyl (C=O) groups excluding carboxylic acids is 1. The van der Waals surface area contributed by atoms with E-state index >= 15 is 0 Å². The fraction of sp³-hybridized carbons (Fsp3) is 0.375. The third-order valence-electron chi connectivity index (χ3n) is 6.50. The van der Waals surface area contributed by atoms with Crippen LogP contribution in [0.2, 0.25) is 5.02 Å². The van der Waals surface area contributed by atoms with Gasteiger partial charge in [-0.15, -0.1) is 11.3 Å². The maximum Gasteiger partial charge on any atom is 0.333 e. The van der Waals surface area contributed by atoms with E-state index in [-0.39, 0.29) is 42.2 Å². The highest BCUT2D eigenvalue weighted by molar-refractivity contribution is 7.83. The van der Waals surface area contributed by atoms with Gasteiger partial charge in [-0.25, -0.2) is 9.97 Å². The second-order valence-corrected chi connectivity index (χ2v) is 11.8. The van der Waals surface area contributed by atoms with Gasteiger partial charge in [0.15, 0.2) is 0 Å². The summed E-state index contributed by atoms with van der Waals surface area (Å²) in [4.78, 5) is 23.1. The Hall–Kier alpha value is -2.45. The molecule has 0 saturated heterocycles. The van der Waals surface area contributed by atoms with Crippen LogP contribution in [0, 0.1) is 0 Å². The molecule has 2 aromatic heterocycles. The smallest absolute Gasteiger partial charge is 0.333 e. The Kier molecular flexibility index (Phi) is 7.59. The van der Waals surface area contributed by atoms with Gasteiger partial charge in [0.1, 0.15) is 18.2 Å². The highest BCUT2D eigenvalue weighted by Gasteiger charge is 2.36. The lowest BCUT2D eigenvalue weighted by Gasteiger charge is -2.17. The lowest BCUT2D eigenvalue weighted by atomic mass is 9.99. The number of rotatable bonds is 7. The highest BCUT2D eigenvalue weighted by Crippen LogP contribution is 2.38. The molecule has 4 N–H and O–H groups in total. The molecule has 10 nitrogen and oxygen atoms in total. The van der Waals surface area contributed by atoms with Gasteiger partial charge in [0, 0.05) is 28.7 Å². The van der Waals surface area contributed by atoms with Crippen LogP contribution in [-0.2, 0) is 21.5 Å². The van der Waals surface area contributed by atoms with Crippen molar-refractivity contribution in [2.75, 3.05) is 11.9 Å². The highest BCUT2D eigenvalue weighted by atomic mass is 35.5. The zero-order valence-corrected chi connectivity index (χ0v) is 21.9. The van der Waals surface area contributed by atoms with Gasteiger partial charge in [-0.1, -0.05) is 17.7 Å². The molecule has 0 amide bonds. The predicted octanol–water partition coefficient (Wildman–Crippen LogP) is 3.17. The standard InChI is InChI=1S/C24H25ClN4O6S2/c25-14-4-3-13-2-1-7-35-23(16(13)8-14)21-6-5-20(36-21)22(31)17-11-26-12-27-24(17)28-15-9-18(19(30)10-15)29-37(32,33)34/h3-6,8,11-12,15,18-19,23,29-30H,1-2,7,9-10H2,(H,26,27,28)(H,32,33,34)/t15-,18?,19+,23+/m1/s1. The van der Waals surface area contributed by atoms with Crippen molar-refractivity contribution in [2.45, 2.75) is 50.0 Å². The summed E-state index contributed by atoms with van der Waals surface area (Å²) in [5, 5.41) is 13.9. The van der Waals surface area contributed by atoms with Crippen molar-refractivity contribution < 1.29 is 27.6 Å². The predicted molar refractivity (Wildman–Crippen MR) is 138 cm³/mol. The van der Waals surface area contributed by atoms with E-state index in [4.69, 9.17) is 20.9 Å². The summed E-state index contributed by atoms with van der Waals surface area (Å²) < 4.78 is 39.5. The van der Waals surface area contributed by atoms with Gasteiger partial charge in [-0.3, -0.25) is 9.35 Å². The van der Waals surface area contributed by atoms with Crippen LogP contribution in [0.5, 0.6) is 0 Å². The number of hydrogen-bond acceptors (Lipinski definition) is 9. The minimum absolute atomic E-state index is 0.197. The number of carbonyl (C=O) groups is 1. The van der Waals surface area contributed by atoms with Crippen LogP contribution >= 0.6 is 22.9 Å². The van der Waals surface area contributed by atoms with E-state index < -0.39 is 22.4 Å². The summed E-state index contributed by atoms with van der Waals surface area (Å²) in [6, 6.07) is 8.22. The van der Waals surface area contributed by atoms with Crippen molar-refractivity contribution in [3.63, 3.8) is 0 Å². The molecule has 0 spiro atoms. The molecule has 1 unspecified atom stereocenters. The normalized spacial score (nSPS) is 23.9. The molecular formula is C24H25ClN4O6S2. The Bertz CT molecular complexity index is 1420. The summed E-state index contributed by atoms with van der Waals surface area (Å²) >= 11 is 7.60. The van der Waals surface area contributed by atoms with E-state index in [9.17, 15) is 18.3 Å². The molecule has 0 radical (unpaired) electrons. The third kappa shape index (κ3) is 6.01. The Balaban J connectivity index is 1.36. The number of nitrogens with one attached hydrogen (secondary N) is 2. The number of anilines is 1. The number of ether oxygens (including phenoxy) is 1. The van der Waals surface area contributed by atoms with Gasteiger partial charge < -0.3 is 15.2 Å². The van der Waals surface area contributed by atoms with Crippen molar-refractivity contribution in [1.29, 1.82) is 0 Å². The van der Waals surface area contributed by atoms with Gasteiger partial charge in [0.05, 0.1) is 22.6 Å². The molecule has 1 fully saturated rings. The first-order valence-corrected chi connectivity index (χ1v) is 14.3. The van der Waals surface area contributed by atoms with E-state index in [0.29, 0.717) is 16.5 Å². The number of aromatic nitrogens is 2. The number of aliphatic hydroxyl groups is 1. The number of benzene rings is 1. The van der Waals surface area contributed by atoms with Gasteiger partial charge in [0.2, 0.25) is 5.78 Å². The van der Waals surface area contributed by atoms with Gasteiger partial charge in [-0.05, 0) is 61.1 Å². The fourth-order valence-electron chi connectivity index (χ4n) is 4.83. The maximum atomic E-state index is 13.5. The quantitative estimate of drug-likeness (QED) is 0.250. The molecule has 0 bridgehead atoms. The Morgan fingerprint density at radius 3 is 2.86 bits per heavy atom. The van der Waals surface area contributed by atoms with Crippen LogP contribution in [0.4, 0.5) is 5.82 Å². The second-order valence-electron chi connectivity index (χ2n) is 9.09. The number of thiophene rings is 1. The molecule has 1 aliphatic heterocycles. The summed E-state index contributed by atoms with van der Waals surface area (Å²) in [6.07, 6.45) is 3.60. The molecule has 2 aliphatic rings. The average molecular weight is 565 g/mol. The average Bonchev–Trinajstić information content (AvgIpc) is 3.39. The van der Waals surface area contributed by atoms with Gasteiger partial charge >= 0.3 is 10.3 Å². The second kappa shape index (κ2) is 10.7. The number of hydrogen-bond donors (Lipinski definition) is 4. The van der Waals surface area contributed by atoms with E-state index in [1.54, 1.807) is 6.07 Å². The zero-order valence-electron chi connectivity index (χ0n) is 19.5. The molecule has 5 rings (SSSR count). The van der Waals surface area contributed by atoms with Gasteiger partial charge in [0.25, 0.3) is 0 Å². The lowest BCUT2D eigenvalue weighted by molar-refractivity contribution is 0.0866. The van der Waals surface area contributed by atoms with Crippen LogP contribution in [0.1, 0.15) is 56.6 Å². The molecule has 13 heteroatoms. The number of halogens is 1.